The van der Waals surface area contributed by atoms with Crippen LogP contribution in [-0.4, -0.2) is 33.2 Å². The number of pyridine rings is 1. The highest BCUT2D eigenvalue weighted by atomic mass is 16.5. The number of carbonyl (C=O) groups is 1. The Kier molecular flexibility index (Phi) is 5.40. The maximum Gasteiger partial charge on any atom is 0.222 e. The van der Waals surface area contributed by atoms with Gasteiger partial charge in [0.15, 0.2) is 0 Å². The second kappa shape index (κ2) is 7.90. The lowest BCUT2D eigenvalue weighted by molar-refractivity contribution is -0.122. The molecular formula is C19H22N4O2. The third-order valence-electron chi connectivity index (χ3n) is 3.78. The van der Waals surface area contributed by atoms with Crippen LogP contribution in [0.3, 0.4) is 0 Å². The van der Waals surface area contributed by atoms with Gasteiger partial charge < -0.3 is 10.1 Å². The van der Waals surface area contributed by atoms with Crippen molar-refractivity contribution in [1.29, 1.82) is 0 Å². The summed E-state index contributed by atoms with van der Waals surface area (Å²) in [5, 5.41) is 2.88. The van der Waals surface area contributed by atoms with E-state index in [4.69, 9.17) is 4.74 Å². The molecule has 0 saturated carbocycles. The summed E-state index contributed by atoms with van der Waals surface area (Å²) in [4.78, 5) is 20.6. The van der Waals surface area contributed by atoms with Crippen LogP contribution in [0.25, 0.3) is 16.9 Å². The first kappa shape index (κ1) is 17.1. The Morgan fingerprint density at radius 1 is 1.20 bits per heavy atom. The number of aromatic nitrogens is 3. The van der Waals surface area contributed by atoms with Crippen LogP contribution in [0.4, 0.5) is 0 Å². The van der Waals surface area contributed by atoms with Gasteiger partial charge in [0, 0.05) is 19.2 Å². The fourth-order valence-corrected chi connectivity index (χ4v) is 2.48. The summed E-state index contributed by atoms with van der Waals surface area (Å²) in [6.45, 7) is 4.80. The minimum Gasteiger partial charge on any atom is -0.378 e. The molecule has 130 valence electrons. The number of hydrogen-bond donors (Lipinski definition) is 1. The van der Waals surface area contributed by atoms with Gasteiger partial charge in [-0.2, -0.15) is 0 Å². The van der Waals surface area contributed by atoms with Gasteiger partial charge in [0.05, 0.1) is 23.7 Å². The lowest BCUT2D eigenvalue weighted by Gasteiger charge is -2.09. The molecule has 0 bridgehead atoms. The number of nitrogens with one attached hydrogen (secondary N) is 1. The molecule has 0 unspecified atom stereocenters. The molecule has 0 fully saturated rings. The van der Waals surface area contributed by atoms with Crippen LogP contribution in [0.1, 0.15) is 25.8 Å². The minimum atomic E-state index is -0.0228. The van der Waals surface area contributed by atoms with E-state index in [0.29, 0.717) is 19.6 Å². The van der Waals surface area contributed by atoms with Gasteiger partial charge in [0.25, 0.3) is 0 Å². The fourth-order valence-electron chi connectivity index (χ4n) is 2.48. The van der Waals surface area contributed by atoms with Gasteiger partial charge in [-0.05, 0) is 37.6 Å². The van der Waals surface area contributed by atoms with Crippen LogP contribution in [-0.2, 0) is 16.1 Å². The SMILES string of the molecule is CC(C)OCCC(=O)NCc1ccc(-n2cnc3ccccc32)nc1. The second-order valence-corrected chi connectivity index (χ2v) is 6.07. The maximum atomic E-state index is 11.8. The van der Waals surface area contributed by atoms with Gasteiger partial charge in [0.2, 0.25) is 5.91 Å². The van der Waals surface area contributed by atoms with Crippen LogP contribution < -0.4 is 5.32 Å². The average molecular weight is 338 g/mol. The first-order chi connectivity index (χ1) is 12.1. The molecule has 0 atom stereocenters. The van der Waals surface area contributed by atoms with E-state index >= 15 is 0 Å². The first-order valence-corrected chi connectivity index (χ1v) is 8.39. The molecule has 6 nitrogen and oxygen atoms in total. The molecule has 0 spiro atoms. The van der Waals surface area contributed by atoms with E-state index in [0.717, 1.165) is 22.4 Å². The topological polar surface area (TPSA) is 69.0 Å². The number of fused-ring (bicyclic) bond motifs is 1. The third kappa shape index (κ3) is 4.42. The van der Waals surface area contributed by atoms with Crippen molar-refractivity contribution in [1.82, 2.24) is 19.9 Å². The Balaban J connectivity index is 1.58. The van der Waals surface area contributed by atoms with Gasteiger partial charge in [0.1, 0.15) is 12.1 Å². The number of ether oxygens (including phenoxy) is 1. The summed E-state index contributed by atoms with van der Waals surface area (Å²) in [5.41, 5.74) is 2.90. The van der Waals surface area contributed by atoms with E-state index in [1.165, 1.54) is 0 Å². The summed E-state index contributed by atoms with van der Waals surface area (Å²) >= 11 is 0. The molecule has 2 aromatic heterocycles. The van der Waals surface area contributed by atoms with Crippen molar-refractivity contribution in [3.63, 3.8) is 0 Å². The smallest absolute Gasteiger partial charge is 0.222 e. The number of carbonyl (C=O) groups excluding carboxylic acids is 1. The van der Waals surface area contributed by atoms with Gasteiger partial charge in [-0.3, -0.25) is 9.36 Å². The number of benzene rings is 1. The summed E-state index contributed by atoms with van der Waals surface area (Å²) in [7, 11) is 0. The Hall–Kier alpha value is -2.73. The van der Waals surface area contributed by atoms with Crippen molar-refractivity contribution >= 4 is 16.9 Å². The number of rotatable bonds is 7. The molecule has 0 aliphatic heterocycles. The summed E-state index contributed by atoms with van der Waals surface area (Å²) in [6.07, 6.45) is 4.05. The normalized spacial score (nSPS) is 11.2. The van der Waals surface area contributed by atoms with Crippen molar-refractivity contribution in [3.8, 4) is 5.82 Å². The largest absolute Gasteiger partial charge is 0.378 e. The van der Waals surface area contributed by atoms with Crippen LogP contribution in [0.5, 0.6) is 0 Å². The highest BCUT2D eigenvalue weighted by Crippen LogP contribution is 2.16. The lowest BCUT2D eigenvalue weighted by Crippen LogP contribution is -2.24. The van der Waals surface area contributed by atoms with E-state index in [1.807, 2.05) is 54.8 Å². The van der Waals surface area contributed by atoms with Crippen molar-refractivity contribution in [2.24, 2.45) is 0 Å². The number of imidazole rings is 1. The Labute approximate surface area is 146 Å². The number of amides is 1. The highest BCUT2D eigenvalue weighted by molar-refractivity contribution is 5.77. The van der Waals surface area contributed by atoms with Crippen molar-refractivity contribution < 1.29 is 9.53 Å². The summed E-state index contributed by atoms with van der Waals surface area (Å²) in [6, 6.07) is 11.8. The van der Waals surface area contributed by atoms with Crippen molar-refractivity contribution in [2.75, 3.05) is 6.61 Å². The summed E-state index contributed by atoms with van der Waals surface area (Å²) < 4.78 is 7.32. The van der Waals surface area contributed by atoms with Gasteiger partial charge >= 0.3 is 0 Å². The molecule has 1 amide bonds. The predicted molar refractivity (Wildman–Crippen MR) is 96.4 cm³/mol. The molecule has 6 heteroatoms. The zero-order chi connectivity index (χ0) is 17.6. The standard InChI is InChI=1S/C19H22N4O2/c1-14(2)25-10-9-19(24)21-12-15-7-8-18(20-11-15)23-13-22-16-5-3-4-6-17(16)23/h3-8,11,13-14H,9-10,12H2,1-2H3,(H,21,24). The van der Waals surface area contributed by atoms with Crippen LogP contribution in [0.2, 0.25) is 0 Å². The van der Waals surface area contributed by atoms with Crippen LogP contribution >= 0.6 is 0 Å². The molecule has 25 heavy (non-hydrogen) atoms. The van der Waals surface area contributed by atoms with Gasteiger partial charge in [-0.25, -0.2) is 9.97 Å². The Bertz CT molecular complexity index is 840. The first-order valence-electron chi connectivity index (χ1n) is 8.39. The molecule has 3 aromatic rings. The molecule has 3 rings (SSSR count). The monoisotopic (exact) mass is 338 g/mol. The van der Waals surface area contributed by atoms with Crippen LogP contribution in [0.15, 0.2) is 48.9 Å². The zero-order valence-corrected chi connectivity index (χ0v) is 14.5. The van der Waals surface area contributed by atoms with E-state index in [-0.39, 0.29) is 12.0 Å². The molecule has 0 saturated heterocycles. The van der Waals surface area contributed by atoms with Gasteiger partial charge in [-0.15, -0.1) is 0 Å². The molecule has 0 aliphatic carbocycles. The average Bonchev–Trinajstić information content (AvgIpc) is 3.04. The van der Waals surface area contributed by atoms with E-state index in [1.54, 1.807) is 12.5 Å². The molecule has 2 heterocycles. The summed E-state index contributed by atoms with van der Waals surface area (Å²) in [5.74, 6) is 0.777. The number of para-hydroxylation sites is 2. The molecule has 1 N–H and O–H groups in total. The van der Waals surface area contributed by atoms with Crippen LogP contribution in [0, 0.1) is 0 Å². The number of hydrogen-bond acceptors (Lipinski definition) is 4. The third-order valence-corrected chi connectivity index (χ3v) is 3.78. The van der Waals surface area contributed by atoms with E-state index in [9.17, 15) is 4.79 Å². The maximum absolute atomic E-state index is 11.8. The van der Waals surface area contributed by atoms with Gasteiger partial charge in [-0.1, -0.05) is 18.2 Å². The molecule has 1 aromatic carbocycles. The lowest BCUT2D eigenvalue weighted by atomic mass is 10.2. The number of nitrogens with zero attached hydrogens (tertiary/aromatic N) is 3. The van der Waals surface area contributed by atoms with Crippen molar-refractivity contribution in [3.05, 3.63) is 54.5 Å². The molecule has 0 aliphatic rings. The minimum absolute atomic E-state index is 0.0228. The zero-order valence-electron chi connectivity index (χ0n) is 14.5. The molecular weight excluding hydrogens is 316 g/mol. The highest BCUT2D eigenvalue weighted by Gasteiger charge is 2.06. The van der Waals surface area contributed by atoms with E-state index in [2.05, 4.69) is 15.3 Å². The van der Waals surface area contributed by atoms with Crippen molar-refractivity contribution in [2.45, 2.75) is 32.9 Å². The Morgan fingerprint density at radius 2 is 2.04 bits per heavy atom. The molecule has 0 radical (unpaired) electrons. The van der Waals surface area contributed by atoms with E-state index < -0.39 is 0 Å². The quantitative estimate of drug-likeness (QED) is 0.719. The second-order valence-electron chi connectivity index (χ2n) is 6.07. The predicted octanol–water partition coefficient (Wildman–Crippen LogP) is 2.85. The Morgan fingerprint density at radius 3 is 2.80 bits per heavy atom. The fraction of sp³-hybridized carbons (Fsp3) is 0.316.